The van der Waals surface area contributed by atoms with Gasteiger partial charge in [0, 0.05) is 5.41 Å². The summed E-state index contributed by atoms with van der Waals surface area (Å²) in [5, 5.41) is 10.4. The molecule has 8 rings (SSSR count). The van der Waals surface area contributed by atoms with Gasteiger partial charge in [-0.15, -0.1) is 0 Å². The van der Waals surface area contributed by atoms with E-state index in [1.807, 2.05) is 6.08 Å². The monoisotopic (exact) mass is 522 g/mol. The minimum Gasteiger partial charge on any atom is -0.0984 e. The van der Waals surface area contributed by atoms with Crippen molar-refractivity contribution in [3.63, 3.8) is 0 Å². The number of hydrogen-bond donors (Lipinski definition) is 0. The first-order chi connectivity index (χ1) is 20.1. The summed E-state index contributed by atoms with van der Waals surface area (Å²) in [6.07, 6.45) is 6.59. The predicted octanol–water partition coefficient (Wildman–Crippen LogP) is 11.4. The van der Waals surface area contributed by atoms with Gasteiger partial charge in [0.1, 0.15) is 0 Å². The molecule has 1 aliphatic carbocycles. The molecule has 1 aliphatic rings. The van der Waals surface area contributed by atoms with Crippen molar-refractivity contribution in [3.05, 3.63) is 150 Å². The lowest BCUT2D eigenvalue weighted by molar-refractivity contribution is 0.666. The zero-order chi connectivity index (χ0) is 27.7. The molecule has 0 heterocycles. The van der Waals surface area contributed by atoms with Crippen LogP contribution in [0.3, 0.4) is 0 Å². The number of rotatable bonds is 3. The van der Waals surface area contributed by atoms with Crippen LogP contribution in [0.25, 0.3) is 72.4 Å². The van der Waals surface area contributed by atoms with E-state index in [1.54, 1.807) is 0 Å². The summed E-state index contributed by atoms with van der Waals surface area (Å²) in [6.45, 7) is 8.92. The molecule has 41 heavy (non-hydrogen) atoms. The fourth-order valence-corrected chi connectivity index (χ4v) is 7.38. The summed E-state index contributed by atoms with van der Waals surface area (Å²) in [7, 11) is 0. The molecule has 7 aromatic carbocycles. The van der Waals surface area contributed by atoms with Gasteiger partial charge in [0.25, 0.3) is 0 Å². The van der Waals surface area contributed by atoms with E-state index in [9.17, 15) is 0 Å². The van der Waals surface area contributed by atoms with Gasteiger partial charge in [0.2, 0.25) is 0 Å². The normalized spacial score (nSPS) is 13.8. The molecule has 0 fully saturated rings. The lowest BCUT2D eigenvalue weighted by Crippen LogP contribution is -2.15. The first kappa shape index (κ1) is 23.9. The first-order valence-corrected chi connectivity index (χ1v) is 14.4. The van der Waals surface area contributed by atoms with Crippen LogP contribution in [0.15, 0.2) is 122 Å². The second-order valence-corrected chi connectivity index (χ2v) is 11.7. The largest absolute Gasteiger partial charge is 0.0984 e. The fourth-order valence-electron chi connectivity index (χ4n) is 7.38. The highest BCUT2D eigenvalue weighted by atomic mass is 14.4. The van der Waals surface area contributed by atoms with E-state index in [0.717, 1.165) is 0 Å². The molecule has 0 spiro atoms. The molecule has 0 aromatic heterocycles. The van der Waals surface area contributed by atoms with Gasteiger partial charge in [-0.1, -0.05) is 154 Å². The van der Waals surface area contributed by atoms with E-state index >= 15 is 0 Å². The molecule has 0 heteroatoms. The Labute approximate surface area is 240 Å². The Balaban J connectivity index is 1.33. The highest BCUT2D eigenvalue weighted by Crippen LogP contribution is 2.54. The van der Waals surface area contributed by atoms with Gasteiger partial charge in [0.15, 0.2) is 0 Å². The summed E-state index contributed by atoms with van der Waals surface area (Å²) < 4.78 is 0. The molecule has 0 atom stereocenters. The first-order valence-electron chi connectivity index (χ1n) is 14.4. The minimum absolute atomic E-state index is 0.108. The molecule has 0 aliphatic heterocycles. The van der Waals surface area contributed by atoms with E-state index < -0.39 is 0 Å². The van der Waals surface area contributed by atoms with Crippen LogP contribution >= 0.6 is 0 Å². The van der Waals surface area contributed by atoms with Crippen molar-refractivity contribution in [1.82, 2.24) is 0 Å². The Kier molecular flexibility index (Phi) is 5.12. The average molecular weight is 523 g/mol. The van der Waals surface area contributed by atoms with Gasteiger partial charge in [-0.25, -0.2) is 0 Å². The van der Waals surface area contributed by atoms with Crippen LogP contribution in [0.5, 0.6) is 0 Å². The summed E-state index contributed by atoms with van der Waals surface area (Å²) in [5.74, 6) is 0. The van der Waals surface area contributed by atoms with Crippen LogP contribution in [-0.2, 0) is 5.41 Å². The maximum Gasteiger partial charge on any atom is 0.0165 e. The molecule has 0 radical (unpaired) electrons. The van der Waals surface area contributed by atoms with Crippen LogP contribution < -0.4 is 0 Å². The molecule has 0 saturated heterocycles. The zero-order valence-corrected chi connectivity index (χ0v) is 23.4. The zero-order valence-electron chi connectivity index (χ0n) is 23.4. The standard InChI is InChI=1S/C41H30/c1-4-27-28-13-5-7-15-30(28)34(31-16-8-6-14-29(27)31)23-21-26-22-24-37-38(25-26)41(2,3)40-36-20-12-10-18-33(36)32-17-9-11-19-35(32)39(37)40/h4-25H,1H2,2-3H3/b23-21+. The average Bonchev–Trinajstić information content (AvgIpc) is 3.26. The summed E-state index contributed by atoms with van der Waals surface area (Å²) >= 11 is 0. The quantitative estimate of drug-likeness (QED) is 0.123. The maximum absolute atomic E-state index is 4.14. The Hall–Kier alpha value is -4.94. The van der Waals surface area contributed by atoms with Gasteiger partial charge >= 0.3 is 0 Å². The Morgan fingerprint density at radius 1 is 0.512 bits per heavy atom. The topological polar surface area (TPSA) is 0 Å². The third-order valence-corrected chi connectivity index (χ3v) is 9.21. The predicted molar refractivity (Wildman–Crippen MR) is 179 cm³/mol. The SMILES string of the molecule is C=Cc1c2ccccc2c(/C=C/c2ccc3c(c2)C(C)(C)c2c-3c3ccccc3c3ccccc23)c2ccccc12. The van der Waals surface area contributed by atoms with Gasteiger partial charge in [-0.2, -0.15) is 0 Å². The second kappa shape index (κ2) is 8.78. The third kappa shape index (κ3) is 3.34. The van der Waals surface area contributed by atoms with Gasteiger partial charge in [-0.05, 0) is 82.0 Å². The third-order valence-electron chi connectivity index (χ3n) is 9.21. The van der Waals surface area contributed by atoms with Crippen LogP contribution in [0.2, 0.25) is 0 Å². The summed E-state index contributed by atoms with van der Waals surface area (Å²) in [6, 6.07) is 42.2. The van der Waals surface area contributed by atoms with Crippen molar-refractivity contribution in [3.8, 4) is 11.1 Å². The van der Waals surface area contributed by atoms with Gasteiger partial charge in [-0.3, -0.25) is 0 Å². The van der Waals surface area contributed by atoms with Crippen molar-refractivity contribution >= 4 is 61.3 Å². The van der Waals surface area contributed by atoms with Crippen molar-refractivity contribution < 1.29 is 0 Å². The second-order valence-electron chi connectivity index (χ2n) is 11.7. The Morgan fingerprint density at radius 2 is 1.00 bits per heavy atom. The number of benzene rings is 7. The number of fused-ring (bicyclic) bond motifs is 10. The molecule has 0 bridgehead atoms. The lowest BCUT2D eigenvalue weighted by atomic mass is 9.79. The lowest BCUT2D eigenvalue weighted by Gasteiger charge is -2.24. The van der Waals surface area contributed by atoms with E-state index in [-0.39, 0.29) is 5.41 Å². The molecular formula is C41H30. The van der Waals surface area contributed by atoms with Crippen molar-refractivity contribution in [2.75, 3.05) is 0 Å². The van der Waals surface area contributed by atoms with E-state index in [0.29, 0.717) is 0 Å². The smallest absolute Gasteiger partial charge is 0.0165 e. The van der Waals surface area contributed by atoms with Crippen molar-refractivity contribution in [2.24, 2.45) is 0 Å². The maximum atomic E-state index is 4.14. The molecular weight excluding hydrogens is 492 g/mol. The van der Waals surface area contributed by atoms with E-state index in [2.05, 4.69) is 148 Å². The van der Waals surface area contributed by atoms with Gasteiger partial charge in [0.05, 0.1) is 0 Å². The number of hydrogen-bond acceptors (Lipinski definition) is 0. The molecule has 0 nitrogen and oxygen atoms in total. The highest BCUT2D eigenvalue weighted by Gasteiger charge is 2.38. The van der Waals surface area contributed by atoms with E-state index in [4.69, 9.17) is 0 Å². The summed E-state index contributed by atoms with van der Waals surface area (Å²) in [5.41, 5.74) is 9.16. The molecule has 0 saturated carbocycles. The molecule has 194 valence electrons. The molecule has 0 unspecified atom stereocenters. The molecule has 0 amide bonds. The van der Waals surface area contributed by atoms with Crippen molar-refractivity contribution in [1.29, 1.82) is 0 Å². The van der Waals surface area contributed by atoms with Crippen molar-refractivity contribution in [2.45, 2.75) is 19.3 Å². The van der Waals surface area contributed by atoms with Crippen LogP contribution in [-0.4, -0.2) is 0 Å². The van der Waals surface area contributed by atoms with E-state index in [1.165, 1.54) is 82.0 Å². The molecule has 0 N–H and O–H groups in total. The van der Waals surface area contributed by atoms with Gasteiger partial charge < -0.3 is 0 Å². The van der Waals surface area contributed by atoms with Crippen LogP contribution in [0, 0.1) is 0 Å². The summed E-state index contributed by atoms with van der Waals surface area (Å²) in [4.78, 5) is 0. The van der Waals surface area contributed by atoms with Crippen LogP contribution in [0.4, 0.5) is 0 Å². The minimum atomic E-state index is -0.108. The Bertz CT molecular complexity index is 2180. The fraction of sp³-hybridized carbons (Fsp3) is 0.0732. The molecule has 7 aromatic rings. The highest BCUT2D eigenvalue weighted by molar-refractivity contribution is 6.18. The Morgan fingerprint density at radius 3 is 1.59 bits per heavy atom. The van der Waals surface area contributed by atoms with Crippen LogP contribution in [0.1, 0.15) is 41.7 Å².